The minimum atomic E-state index is -0.484. The smallest absolute Gasteiger partial charge is 0.317 e. The number of nitrogens with one attached hydrogen (secondary N) is 1. The van der Waals surface area contributed by atoms with E-state index in [1.807, 2.05) is 31.2 Å². The molecule has 0 unspecified atom stereocenters. The summed E-state index contributed by atoms with van der Waals surface area (Å²) < 4.78 is 11.4. The lowest BCUT2D eigenvalue weighted by molar-refractivity contribution is -0.181. The average Bonchev–Trinajstić information content (AvgIpc) is 3.23. The fraction of sp³-hybridized carbons (Fsp3) is 0.579. The van der Waals surface area contributed by atoms with Crippen molar-refractivity contribution in [2.45, 2.75) is 38.0 Å². The zero-order valence-electron chi connectivity index (χ0n) is 15.1. The Hall–Kier alpha value is -2.12. The number of aryl methyl sites for hydroxylation is 1. The Morgan fingerprint density at radius 1 is 1.15 bits per heavy atom. The molecular weight excluding hydrogens is 334 g/mol. The van der Waals surface area contributed by atoms with Gasteiger partial charge in [-0.05, 0) is 19.1 Å². The molecule has 0 bridgehead atoms. The van der Waals surface area contributed by atoms with Gasteiger partial charge in [0.05, 0.1) is 19.3 Å². The molecule has 0 aliphatic carbocycles. The maximum atomic E-state index is 12.6. The van der Waals surface area contributed by atoms with Crippen LogP contribution < -0.4 is 10.2 Å². The Balaban J connectivity index is 1.31. The second-order valence-corrected chi connectivity index (χ2v) is 7.29. The van der Waals surface area contributed by atoms with Crippen LogP contribution >= 0.6 is 0 Å². The van der Waals surface area contributed by atoms with Crippen LogP contribution in [0.25, 0.3) is 0 Å². The molecule has 0 saturated carbocycles. The van der Waals surface area contributed by atoms with E-state index in [-0.39, 0.29) is 18.0 Å². The summed E-state index contributed by atoms with van der Waals surface area (Å²) in [5.41, 5.74) is 2.04. The number of hydrogen-bond acceptors (Lipinski definition) is 4. The first-order valence-corrected chi connectivity index (χ1v) is 9.25. The number of nitrogens with zero attached hydrogens (tertiary/aromatic N) is 2. The van der Waals surface area contributed by atoms with Crippen molar-refractivity contribution in [1.82, 2.24) is 10.2 Å². The molecular formula is C19H25N3O4. The van der Waals surface area contributed by atoms with E-state index < -0.39 is 5.79 Å². The van der Waals surface area contributed by atoms with E-state index >= 15 is 0 Å². The van der Waals surface area contributed by atoms with Gasteiger partial charge in [0.25, 0.3) is 0 Å². The van der Waals surface area contributed by atoms with Crippen LogP contribution in [0.15, 0.2) is 24.3 Å². The Labute approximate surface area is 153 Å². The molecule has 7 heteroatoms. The molecule has 1 spiro atoms. The highest BCUT2D eigenvalue weighted by atomic mass is 16.7. The predicted molar refractivity (Wildman–Crippen MR) is 95.9 cm³/mol. The molecule has 26 heavy (non-hydrogen) atoms. The molecule has 3 saturated heterocycles. The van der Waals surface area contributed by atoms with Gasteiger partial charge in [-0.3, -0.25) is 4.79 Å². The van der Waals surface area contributed by atoms with Gasteiger partial charge in [-0.25, -0.2) is 4.79 Å². The topological polar surface area (TPSA) is 71.1 Å². The minimum absolute atomic E-state index is 0.0458. The zero-order chi connectivity index (χ0) is 18.1. The lowest BCUT2D eigenvalue weighted by Crippen LogP contribution is -2.52. The van der Waals surface area contributed by atoms with E-state index in [1.165, 1.54) is 0 Å². The van der Waals surface area contributed by atoms with Gasteiger partial charge < -0.3 is 24.6 Å². The van der Waals surface area contributed by atoms with Crippen LogP contribution in [-0.4, -0.2) is 61.5 Å². The Kier molecular flexibility index (Phi) is 4.58. The summed E-state index contributed by atoms with van der Waals surface area (Å²) in [7, 11) is 0. The second kappa shape index (κ2) is 6.89. The van der Waals surface area contributed by atoms with Crippen LogP contribution in [0, 0.1) is 6.92 Å². The van der Waals surface area contributed by atoms with Crippen molar-refractivity contribution >= 4 is 17.6 Å². The van der Waals surface area contributed by atoms with E-state index in [2.05, 4.69) is 5.32 Å². The lowest BCUT2D eigenvalue weighted by Gasteiger charge is -2.37. The van der Waals surface area contributed by atoms with Gasteiger partial charge in [0.15, 0.2) is 5.79 Å². The maximum Gasteiger partial charge on any atom is 0.317 e. The summed E-state index contributed by atoms with van der Waals surface area (Å²) in [5.74, 6) is -0.438. The zero-order valence-corrected chi connectivity index (χ0v) is 15.1. The number of amides is 3. The van der Waals surface area contributed by atoms with Crippen LogP contribution in [0.1, 0.15) is 24.8 Å². The van der Waals surface area contributed by atoms with E-state index in [4.69, 9.17) is 9.47 Å². The van der Waals surface area contributed by atoms with Crippen molar-refractivity contribution in [3.05, 3.63) is 29.8 Å². The van der Waals surface area contributed by atoms with Crippen LogP contribution in [0.4, 0.5) is 10.5 Å². The highest BCUT2D eigenvalue weighted by molar-refractivity contribution is 5.96. The summed E-state index contributed by atoms with van der Waals surface area (Å²) in [4.78, 5) is 28.4. The first-order chi connectivity index (χ1) is 12.5. The number of ether oxygens (including phenoxy) is 2. The largest absolute Gasteiger partial charge is 0.347 e. The summed E-state index contributed by atoms with van der Waals surface area (Å²) >= 11 is 0. The normalized spacial score (nSPS) is 25.1. The third kappa shape index (κ3) is 3.41. The van der Waals surface area contributed by atoms with Crippen molar-refractivity contribution in [1.29, 1.82) is 0 Å². The number of likely N-dealkylation sites (tertiary alicyclic amines) is 1. The fourth-order valence-electron chi connectivity index (χ4n) is 3.88. The molecule has 1 aromatic carbocycles. The summed E-state index contributed by atoms with van der Waals surface area (Å²) in [6, 6.07) is 7.61. The molecule has 4 rings (SSSR count). The van der Waals surface area contributed by atoms with Gasteiger partial charge in [-0.2, -0.15) is 0 Å². The highest BCUT2D eigenvalue weighted by Gasteiger charge is 2.41. The molecule has 3 aliphatic heterocycles. The molecule has 1 atom stereocenters. The second-order valence-electron chi connectivity index (χ2n) is 7.29. The molecule has 140 valence electrons. The number of hydrogen-bond donors (Lipinski definition) is 1. The minimum Gasteiger partial charge on any atom is -0.347 e. The number of rotatable bonds is 2. The molecule has 3 aliphatic rings. The molecule has 1 aromatic rings. The van der Waals surface area contributed by atoms with Crippen molar-refractivity contribution in [3.8, 4) is 0 Å². The van der Waals surface area contributed by atoms with E-state index in [9.17, 15) is 9.59 Å². The van der Waals surface area contributed by atoms with Crippen LogP contribution in [0.2, 0.25) is 0 Å². The monoisotopic (exact) mass is 359 g/mol. The van der Waals surface area contributed by atoms with E-state index in [0.717, 1.165) is 11.3 Å². The van der Waals surface area contributed by atoms with Gasteiger partial charge in [0.1, 0.15) is 0 Å². The predicted octanol–water partition coefficient (Wildman–Crippen LogP) is 1.65. The van der Waals surface area contributed by atoms with Gasteiger partial charge >= 0.3 is 6.03 Å². The van der Waals surface area contributed by atoms with Crippen molar-refractivity contribution < 1.29 is 19.1 Å². The highest BCUT2D eigenvalue weighted by Crippen LogP contribution is 2.31. The van der Waals surface area contributed by atoms with Gasteiger partial charge in [0.2, 0.25) is 5.91 Å². The SMILES string of the molecule is Cc1ccc(N2C[C@H](NC(=O)N3CCC4(CC3)OCCO4)CC2=O)cc1. The maximum absolute atomic E-state index is 12.6. The molecule has 3 heterocycles. The van der Waals surface area contributed by atoms with Crippen LogP contribution in [0.5, 0.6) is 0 Å². The van der Waals surface area contributed by atoms with Gasteiger partial charge in [0, 0.05) is 44.6 Å². The third-order valence-corrected chi connectivity index (χ3v) is 5.42. The fourth-order valence-corrected chi connectivity index (χ4v) is 3.88. The lowest BCUT2D eigenvalue weighted by atomic mass is 10.0. The molecule has 1 N–H and O–H groups in total. The van der Waals surface area contributed by atoms with Gasteiger partial charge in [-0.15, -0.1) is 0 Å². The number of anilines is 1. The molecule has 3 amide bonds. The van der Waals surface area contributed by atoms with Crippen molar-refractivity contribution in [2.24, 2.45) is 0 Å². The number of carbonyl (C=O) groups is 2. The number of carbonyl (C=O) groups excluding carboxylic acids is 2. The third-order valence-electron chi connectivity index (χ3n) is 5.42. The Bertz CT molecular complexity index is 675. The summed E-state index contributed by atoms with van der Waals surface area (Å²) in [5, 5.41) is 3.01. The first-order valence-electron chi connectivity index (χ1n) is 9.25. The standard InChI is InChI=1S/C19H25N3O4/c1-14-2-4-16(5-3-14)22-13-15(12-17(22)23)20-18(24)21-8-6-19(7-9-21)25-10-11-26-19/h2-5,15H,6-13H2,1H3,(H,20,24)/t15-/m1/s1. The molecule has 0 radical (unpaired) electrons. The van der Waals surface area contributed by atoms with Crippen LogP contribution in [0.3, 0.4) is 0 Å². The first kappa shape index (κ1) is 17.3. The number of urea groups is 1. The van der Waals surface area contributed by atoms with Gasteiger partial charge in [-0.1, -0.05) is 17.7 Å². The molecule has 0 aromatic heterocycles. The number of benzene rings is 1. The molecule has 7 nitrogen and oxygen atoms in total. The van der Waals surface area contributed by atoms with Crippen molar-refractivity contribution in [3.63, 3.8) is 0 Å². The summed E-state index contributed by atoms with van der Waals surface area (Å²) in [6.07, 6.45) is 1.72. The van der Waals surface area contributed by atoms with Crippen LogP contribution in [-0.2, 0) is 14.3 Å². The molecule has 3 fully saturated rings. The average molecular weight is 359 g/mol. The Morgan fingerprint density at radius 2 is 1.81 bits per heavy atom. The van der Waals surface area contributed by atoms with E-state index in [0.29, 0.717) is 52.1 Å². The number of piperidine rings is 1. The van der Waals surface area contributed by atoms with Crippen molar-refractivity contribution in [2.75, 3.05) is 37.7 Å². The quantitative estimate of drug-likeness (QED) is 0.872. The Morgan fingerprint density at radius 3 is 2.46 bits per heavy atom. The summed E-state index contributed by atoms with van der Waals surface area (Å²) in [6.45, 7) is 5.00. The van der Waals surface area contributed by atoms with E-state index in [1.54, 1.807) is 9.80 Å².